The zero-order valence-electron chi connectivity index (χ0n) is 15.2. The number of rotatable bonds is 6. The van der Waals surface area contributed by atoms with E-state index in [0.717, 1.165) is 29.2 Å². The first kappa shape index (κ1) is 17.4. The maximum absolute atomic E-state index is 6.34. The zero-order chi connectivity index (χ0) is 17.9. The minimum atomic E-state index is -0.194. The van der Waals surface area contributed by atoms with Gasteiger partial charge in [0.1, 0.15) is 5.75 Å². The molecular weight excluding hydrogens is 344 g/mol. The van der Waals surface area contributed by atoms with E-state index in [4.69, 9.17) is 21.4 Å². The Hall–Kier alpha value is -2.00. The molecule has 2 atom stereocenters. The van der Waals surface area contributed by atoms with Crippen molar-refractivity contribution in [1.82, 2.24) is 5.01 Å². The number of hydrogen-bond acceptors (Lipinski definition) is 3. The highest BCUT2D eigenvalue weighted by Crippen LogP contribution is 2.47. The third-order valence-electron chi connectivity index (χ3n) is 5.24. The van der Waals surface area contributed by atoms with Crippen molar-refractivity contribution >= 4 is 17.3 Å². The molecule has 2 aromatic rings. The van der Waals surface area contributed by atoms with Gasteiger partial charge in [0.05, 0.1) is 6.04 Å². The molecule has 4 rings (SSSR count). The molecule has 136 valence electrons. The van der Waals surface area contributed by atoms with Gasteiger partial charge in [-0.15, -0.1) is 0 Å². The monoisotopic (exact) mass is 368 g/mol. The van der Waals surface area contributed by atoms with E-state index in [2.05, 4.69) is 30.1 Å². The first-order chi connectivity index (χ1) is 12.8. The average molecular weight is 369 g/mol. The molecule has 0 aliphatic carbocycles. The molecule has 0 bridgehead atoms. The standard InChI is InChI=1S/C22H25ClN2O/c1-2-3-4-5-8-18-15-20-19-9-6-7-10-21(19)26-22(25(20)24-18)16-11-13-17(23)14-12-16/h6-7,9-14,20,22H,2-5,8,15H2,1H3/t20-,22+/m1/s1. The fourth-order valence-corrected chi connectivity index (χ4v) is 3.98. The number of hydrogen-bond donors (Lipinski definition) is 0. The van der Waals surface area contributed by atoms with Crippen molar-refractivity contribution in [3.8, 4) is 5.75 Å². The molecule has 0 saturated heterocycles. The Bertz CT molecular complexity index is 787. The highest BCUT2D eigenvalue weighted by molar-refractivity contribution is 6.30. The second kappa shape index (κ2) is 7.71. The Balaban J connectivity index is 1.60. The number of benzene rings is 2. The van der Waals surface area contributed by atoms with Gasteiger partial charge < -0.3 is 4.74 Å². The largest absolute Gasteiger partial charge is 0.464 e. The summed E-state index contributed by atoms with van der Waals surface area (Å²) < 4.78 is 6.34. The van der Waals surface area contributed by atoms with Gasteiger partial charge in [0.2, 0.25) is 6.23 Å². The summed E-state index contributed by atoms with van der Waals surface area (Å²) in [6.07, 6.45) is 6.97. The predicted octanol–water partition coefficient (Wildman–Crippen LogP) is 6.50. The number of unbranched alkanes of at least 4 members (excludes halogenated alkanes) is 3. The number of ether oxygens (including phenoxy) is 1. The van der Waals surface area contributed by atoms with Crippen molar-refractivity contribution in [2.24, 2.45) is 5.10 Å². The van der Waals surface area contributed by atoms with E-state index in [1.807, 2.05) is 30.3 Å². The Kier molecular flexibility index (Phi) is 5.16. The topological polar surface area (TPSA) is 24.8 Å². The van der Waals surface area contributed by atoms with E-state index in [0.29, 0.717) is 0 Å². The molecule has 0 fully saturated rings. The van der Waals surface area contributed by atoms with Crippen LogP contribution in [-0.4, -0.2) is 10.7 Å². The van der Waals surface area contributed by atoms with E-state index in [-0.39, 0.29) is 12.3 Å². The molecule has 0 saturated carbocycles. The van der Waals surface area contributed by atoms with Gasteiger partial charge in [-0.2, -0.15) is 5.10 Å². The van der Waals surface area contributed by atoms with Gasteiger partial charge in [-0.3, -0.25) is 0 Å². The molecule has 0 amide bonds. The second-order valence-corrected chi connectivity index (χ2v) is 7.57. The van der Waals surface area contributed by atoms with E-state index in [1.54, 1.807) is 0 Å². The molecule has 0 N–H and O–H groups in total. The molecule has 4 heteroatoms. The number of nitrogens with zero attached hydrogens (tertiary/aromatic N) is 2. The van der Waals surface area contributed by atoms with Gasteiger partial charge in [0, 0.05) is 28.3 Å². The van der Waals surface area contributed by atoms with Crippen LogP contribution < -0.4 is 4.74 Å². The van der Waals surface area contributed by atoms with Gasteiger partial charge in [-0.1, -0.05) is 68.1 Å². The predicted molar refractivity (Wildman–Crippen MR) is 107 cm³/mol. The van der Waals surface area contributed by atoms with Crippen LogP contribution in [0.15, 0.2) is 53.6 Å². The van der Waals surface area contributed by atoms with Crippen LogP contribution in [0.3, 0.4) is 0 Å². The van der Waals surface area contributed by atoms with Gasteiger partial charge in [0.25, 0.3) is 0 Å². The van der Waals surface area contributed by atoms with Crippen molar-refractivity contribution in [3.63, 3.8) is 0 Å². The average Bonchev–Trinajstić information content (AvgIpc) is 3.10. The minimum Gasteiger partial charge on any atom is -0.464 e. The van der Waals surface area contributed by atoms with Crippen LogP contribution in [0.1, 0.15) is 68.8 Å². The van der Waals surface area contributed by atoms with E-state index >= 15 is 0 Å². The van der Waals surface area contributed by atoms with Gasteiger partial charge in [-0.25, -0.2) is 5.01 Å². The molecule has 2 aliphatic rings. The Morgan fingerprint density at radius 2 is 1.88 bits per heavy atom. The van der Waals surface area contributed by atoms with Crippen molar-refractivity contribution in [2.75, 3.05) is 0 Å². The zero-order valence-corrected chi connectivity index (χ0v) is 16.0. The minimum absolute atomic E-state index is 0.194. The third-order valence-corrected chi connectivity index (χ3v) is 5.49. The SMILES string of the molecule is CCCCCCC1=NN2[C@H](C1)c1ccccc1O[C@H]2c1ccc(Cl)cc1. The molecule has 0 aromatic heterocycles. The van der Waals surface area contributed by atoms with Crippen LogP contribution >= 0.6 is 11.6 Å². The summed E-state index contributed by atoms with van der Waals surface area (Å²) in [5, 5.41) is 7.87. The summed E-state index contributed by atoms with van der Waals surface area (Å²) in [6, 6.07) is 16.5. The fraction of sp³-hybridized carbons (Fsp3) is 0.409. The Morgan fingerprint density at radius 1 is 1.08 bits per heavy atom. The van der Waals surface area contributed by atoms with Crippen LogP contribution in [0.2, 0.25) is 5.02 Å². The summed E-state index contributed by atoms with van der Waals surface area (Å²) >= 11 is 6.07. The quantitative estimate of drug-likeness (QED) is 0.543. The van der Waals surface area contributed by atoms with E-state index < -0.39 is 0 Å². The molecule has 0 unspecified atom stereocenters. The van der Waals surface area contributed by atoms with Crippen LogP contribution in [0, 0.1) is 0 Å². The smallest absolute Gasteiger partial charge is 0.213 e. The lowest BCUT2D eigenvalue weighted by Gasteiger charge is -2.38. The third kappa shape index (κ3) is 3.45. The molecule has 2 aromatic carbocycles. The summed E-state index contributed by atoms with van der Waals surface area (Å²) in [4.78, 5) is 0. The van der Waals surface area contributed by atoms with Crippen molar-refractivity contribution in [2.45, 2.75) is 57.7 Å². The number of para-hydroxylation sites is 1. The normalized spacial score (nSPS) is 21.0. The lowest BCUT2D eigenvalue weighted by atomic mass is 9.96. The van der Waals surface area contributed by atoms with E-state index in [1.165, 1.54) is 37.0 Å². The Morgan fingerprint density at radius 3 is 2.69 bits per heavy atom. The van der Waals surface area contributed by atoms with Crippen LogP contribution in [-0.2, 0) is 0 Å². The summed E-state index contributed by atoms with van der Waals surface area (Å²) in [5.41, 5.74) is 3.63. The molecule has 2 aliphatic heterocycles. The first-order valence-electron chi connectivity index (χ1n) is 9.62. The number of fused-ring (bicyclic) bond motifs is 3. The highest BCUT2D eigenvalue weighted by Gasteiger charge is 2.40. The highest BCUT2D eigenvalue weighted by atomic mass is 35.5. The van der Waals surface area contributed by atoms with Gasteiger partial charge in [-0.05, 0) is 31.0 Å². The summed E-state index contributed by atoms with van der Waals surface area (Å²) in [5.74, 6) is 0.969. The number of halogens is 1. The molecule has 26 heavy (non-hydrogen) atoms. The molecular formula is C22H25ClN2O. The van der Waals surface area contributed by atoms with Crippen molar-refractivity contribution in [1.29, 1.82) is 0 Å². The molecule has 0 radical (unpaired) electrons. The molecule has 3 nitrogen and oxygen atoms in total. The van der Waals surface area contributed by atoms with E-state index in [9.17, 15) is 0 Å². The van der Waals surface area contributed by atoms with Crippen LogP contribution in [0.25, 0.3) is 0 Å². The lowest BCUT2D eigenvalue weighted by Crippen LogP contribution is -2.33. The summed E-state index contributed by atoms with van der Waals surface area (Å²) in [7, 11) is 0. The maximum atomic E-state index is 6.34. The lowest BCUT2D eigenvalue weighted by molar-refractivity contribution is -0.0190. The van der Waals surface area contributed by atoms with Gasteiger partial charge in [0.15, 0.2) is 0 Å². The maximum Gasteiger partial charge on any atom is 0.213 e. The van der Waals surface area contributed by atoms with Crippen LogP contribution in [0.4, 0.5) is 0 Å². The van der Waals surface area contributed by atoms with Crippen molar-refractivity contribution < 1.29 is 4.74 Å². The first-order valence-corrected chi connectivity index (χ1v) is 10.00. The molecule has 0 spiro atoms. The second-order valence-electron chi connectivity index (χ2n) is 7.14. The Labute approximate surface area is 160 Å². The number of hydrazone groups is 1. The fourth-order valence-electron chi connectivity index (χ4n) is 3.85. The van der Waals surface area contributed by atoms with Crippen molar-refractivity contribution in [3.05, 3.63) is 64.7 Å². The van der Waals surface area contributed by atoms with Gasteiger partial charge >= 0.3 is 0 Å². The van der Waals surface area contributed by atoms with Crippen LogP contribution in [0.5, 0.6) is 5.75 Å². The summed E-state index contributed by atoms with van der Waals surface area (Å²) in [6.45, 7) is 2.25. The molecule has 2 heterocycles.